The van der Waals surface area contributed by atoms with Gasteiger partial charge in [-0.3, -0.25) is 4.79 Å². The second-order valence-electron chi connectivity index (χ2n) is 5.28. The second-order valence-corrected chi connectivity index (χ2v) is 5.72. The molecule has 0 radical (unpaired) electrons. The van der Waals surface area contributed by atoms with Crippen molar-refractivity contribution in [3.05, 3.63) is 29.3 Å². The van der Waals surface area contributed by atoms with Crippen LogP contribution < -0.4 is 11.1 Å². The van der Waals surface area contributed by atoms with Crippen molar-refractivity contribution in [2.45, 2.75) is 26.7 Å². The zero-order valence-electron chi connectivity index (χ0n) is 11.9. The predicted octanol–water partition coefficient (Wildman–Crippen LogP) is 2.32. The van der Waals surface area contributed by atoms with Crippen molar-refractivity contribution in [3.63, 3.8) is 0 Å². The van der Waals surface area contributed by atoms with Gasteiger partial charge in [0.2, 0.25) is 5.91 Å². The van der Waals surface area contributed by atoms with Crippen LogP contribution in [0.2, 0.25) is 0 Å². The SMILES string of the molecule is Cc1cccc(C)c1NC(=O)C1(C(N)=S)CCOCC1. The van der Waals surface area contributed by atoms with E-state index < -0.39 is 5.41 Å². The Balaban J connectivity index is 2.28. The van der Waals surface area contributed by atoms with Crippen LogP contribution in [0, 0.1) is 19.3 Å². The summed E-state index contributed by atoms with van der Waals surface area (Å²) in [6, 6.07) is 5.91. The van der Waals surface area contributed by atoms with Gasteiger partial charge < -0.3 is 15.8 Å². The van der Waals surface area contributed by atoms with Crippen LogP contribution in [0.1, 0.15) is 24.0 Å². The first-order chi connectivity index (χ1) is 9.47. The lowest BCUT2D eigenvalue weighted by Crippen LogP contribution is -2.49. The molecule has 108 valence electrons. The third-order valence-corrected chi connectivity index (χ3v) is 4.36. The third kappa shape index (κ3) is 2.69. The number of benzene rings is 1. The van der Waals surface area contributed by atoms with Crippen molar-refractivity contribution >= 4 is 28.8 Å². The van der Waals surface area contributed by atoms with Gasteiger partial charge in [0.15, 0.2) is 0 Å². The smallest absolute Gasteiger partial charge is 0.237 e. The minimum Gasteiger partial charge on any atom is -0.392 e. The number of carbonyl (C=O) groups is 1. The van der Waals surface area contributed by atoms with Gasteiger partial charge in [-0.2, -0.15) is 0 Å². The molecule has 1 fully saturated rings. The Morgan fingerprint density at radius 1 is 1.30 bits per heavy atom. The van der Waals surface area contributed by atoms with Crippen molar-refractivity contribution in [2.24, 2.45) is 11.1 Å². The molecular formula is C15H20N2O2S. The minimum absolute atomic E-state index is 0.120. The van der Waals surface area contributed by atoms with E-state index in [9.17, 15) is 4.79 Å². The molecule has 0 aromatic heterocycles. The van der Waals surface area contributed by atoms with Gasteiger partial charge in [0.25, 0.3) is 0 Å². The Hall–Kier alpha value is -1.46. The standard InChI is InChI=1S/C15H20N2O2S/c1-10-4-3-5-11(2)12(10)17-14(18)15(13(16)20)6-8-19-9-7-15/h3-5H,6-9H2,1-2H3,(H2,16,20)(H,17,18). The number of hydrogen-bond acceptors (Lipinski definition) is 3. The summed E-state index contributed by atoms with van der Waals surface area (Å²) in [6.07, 6.45) is 1.08. The molecule has 1 aliphatic rings. The number of aryl methyl sites for hydroxylation is 2. The van der Waals surface area contributed by atoms with Crippen molar-refractivity contribution in [1.82, 2.24) is 0 Å². The van der Waals surface area contributed by atoms with Crippen LogP contribution in [-0.4, -0.2) is 24.1 Å². The summed E-state index contributed by atoms with van der Waals surface area (Å²) < 4.78 is 5.33. The van der Waals surface area contributed by atoms with Crippen molar-refractivity contribution in [1.29, 1.82) is 0 Å². The molecule has 3 N–H and O–H groups in total. The Kier molecular flexibility index (Phi) is 4.40. The van der Waals surface area contributed by atoms with E-state index in [-0.39, 0.29) is 10.9 Å². The Morgan fingerprint density at radius 2 is 1.85 bits per heavy atom. The lowest BCUT2D eigenvalue weighted by atomic mass is 9.79. The van der Waals surface area contributed by atoms with E-state index in [2.05, 4.69) is 5.32 Å². The number of thiocarbonyl (C=S) groups is 1. The van der Waals surface area contributed by atoms with Crippen LogP contribution in [0.4, 0.5) is 5.69 Å². The summed E-state index contributed by atoms with van der Waals surface area (Å²) in [5.41, 5.74) is 7.97. The minimum atomic E-state index is -0.789. The summed E-state index contributed by atoms with van der Waals surface area (Å²) >= 11 is 5.15. The first-order valence-electron chi connectivity index (χ1n) is 6.73. The molecule has 1 amide bonds. The van der Waals surface area contributed by atoms with Crippen molar-refractivity contribution < 1.29 is 9.53 Å². The number of hydrogen-bond donors (Lipinski definition) is 2. The number of ether oxygens (including phenoxy) is 1. The number of anilines is 1. The zero-order valence-corrected chi connectivity index (χ0v) is 12.7. The molecule has 5 heteroatoms. The maximum absolute atomic E-state index is 12.7. The predicted molar refractivity (Wildman–Crippen MR) is 83.8 cm³/mol. The van der Waals surface area contributed by atoms with Gasteiger partial charge in [0, 0.05) is 18.9 Å². The number of nitrogens with two attached hydrogens (primary N) is 1. The fourth-order valence-electron chi connectivity index (χ4n) is 2.55. The van der Waals surface area contributed by atoms with Crippen LogP contribution in [-0.2, 0) is 9.53 Å². The fraction of sp³-hybridized carbons (Fsp3) is 0.467. The lowest BCUT2D eigenvalue weighted by molar-refractivity contribution is -0.126. The molecule has 0 bridgehead atoms. The first-order valence-corrected chi connectivity index (χ1v) is 7.13. The first kappa shape index (κ1) is 14.9. The number of carbonyl (C=O) groups excluding carboxylic acids is 1. The molecule has 0 saturated carbocycles. The van der Waals surface area contributed by atoms with Gasteiger partial charge in [-0.15, -0.1) is 0 Å². The Bertz CT molecular complexity index is 516. The van der Waals surface area contributed by atoms with E-state index in [0.717, 1.165) is 16.8 Å². The molecule has 0 spiro atoms. The normalized spacial score (nSPS) is 17.5. The largest absolute Gasteiger partial charge is 0.392 e. The van der Waals surface area contributed by atoms with Gasteiger partial charge in [0.05, 0.1) is 4.99 Å². The van der Waals surface area contributed by atoms with Gasteiger partial charge in [-0.25, -0.2) is 0 Å². The van der Waals surface area contributed by atoms with E-state index in [1.165, 1.54) is 0 Å². The lowest BCUT2D eigenvalue weighted by Gasteiger charge is -2.35. The van der Waals surface area contributed by atoms with Gasteiger partial charge in [0.1, 0.15) is 5.41 Å². The van der Waals surface area contributed by atoms with Gasteiger partial charge in [-0.1, -0.05) is 30.4 Å². The number of rotatable bonds is 3. The highest BCUT2D eigenvalue weighted by atomic mass is 32.1. The monoisotopic (exact) mass is 292 g/mol. The molecule has 1 aromatic rings. The van der Waals surface area contributed by atoms with E-state index in [0.29, 0.717) is 26.1 Å². The molecule has 1 aliphatic heterocycles. The van der Waals surface area contributed by atoms with E-state index in [1.807, 2.05) is 32.0 Å². The fourth-order valence-corrected chi connectivity index (χ4v) is 2.85. The van der Waals surface area contributed by atoms with E-state index in [1.54, 1.807) is 0 Å². The van der Waals surface area contributed by atoms with Crippen LogP contribution in [0.3, 0.4) is 0 Å². The van der Waals surface area contributed by atoms with Crippen molar-refractivity contribution in [3.8, 4) is 0 Å². The Morgan fingerprint density at radius 3 is 2.35 bits per heavy atom. The zero-order chi connectivity index (χ0) is 14.8. The summed E-state index contributed by atoms with van der Waals surface area (Å²) in [4.78, 5) is 13.0. The topological polar surface area (TPSA) is 64.4 Å². The van der Waals surface area contributed by atoms with E-state index in [4.69, 9.17) is 22.7 Å². The van der Waals surface area contributed by atoms with Gasteiger partial charge in [-0.05, 0) is 37.8 Å². The molecule has 0 atom stereocenters. The number of para-hydroxylation sites is 1. The third-order valence-electron chi connectivity index (χ3n) is 3.97. The number of amides is 1. The molecular weight excluding hydrogens is 272 g/mol. The average molecular weight is 292 g/mol. The number of nitrogens with one attached hydrogen (secondary N) is 1. The van der Waals surface area contributed by atoms with Crippen LogP contribution in [0.5, 0.6) is 0 Å². The maximum Gasteiger partial charge on any atom is 0.237 e. The highest BCUT2D eigenvalue weighted by molar-refractivity contribution is 7.80. The molecule has 2 rings (SSSR count). The summed E-state index contributed by atoms with van der Waals surface area (Å²) in [5, 5.41) is 3.01. The quantitative estimate of drug-likeness (QED) is 0.839. The molecule has 4 nitrogen and oxygen atoms in total. The highest BCUT2D eigenvalue weighted by Crippen LogP contribution is 2.33. The molecule has 1 heterocycles. The highest BCUT2D eigenvalue weighted by Gasteiger charge is 2.43. The summed E-state index contributed by atoms with van der Waals surface area (Å²) in [7, 11) is 0. The summed E-state index contributed by atoms with van der Waals surface area (Å²) in [6.45, 7) is 4.97. The molecule has 0 unspecified atom stereocenters. The molecule has 20 heavy (non-hydrogen) atoms. The Labute approximate surface area is 124 Å². The second kappa shape index (κ2) is 5.89. The van der Waals surface area contributed by atoms with Crippen LogP contribution in [0.25, 0.3) is 0 Å². The average Bonchev–Trinajstić information content (AvgIpc) is 2.43. The van der Waals surface area contributed by atoms with Crippen molar-refractivity contribution in [2.75, 3.05) is 18.5 Å². The van der Waals surface area contributed by atoms with E-state index >= 15 is 0 Å². The summed E-state index contributed by atoms with van der Waals surface area (Å²) in [5.74, 6) is -0.120. The molecule has 1 aromatic carbocycles. The van der Waals surface area contributed by atoms with Gasteiger partial charge >= 0.3 is 0 Å². The van der Waals surface area contributed by atoms with Crippen LogP contribution >= 0.6 is 12.2 Å². The molecule has 1 saturated heterocycles. The maximum atomic E-state index is 12.7. The van der Waals surface area contributed by atoms with Crippen LogP contribution in [0.15, 0.2) is 18.2 Å². The molecule has 0 aliphatic carbocycles.